The average Bonchev–Trinajstić information content (AvgIpc) is 2.90. The highest BCUT2D eigenvalue weighted by Gasteiger charge is 2.28. The SMILES string of the molecule is O=C(/C=C/C=C/C(=O)OCCOc1c(F)c(F)c(F)c(F)c1F)OCCOc1c(F)c(F)c(F)c(F)c1F. The normalized spacial score (nSPS) is 11.3. The minimum Gasteiger partial charge on any atom is -0.484 e. The standard InChI is InChI=1S/C22H12F10O6/c23-11-13(25)17(29)21(18(30)14(11)26)37-7-5-35-9(33)3-1-2-4-10(34)36-6-8-38-22-19(31)15(27)12(24)16(28)20(22)32/h1-4H,5-8H2/b3-1+,4-2+. The molecule has 2 aromatic rings. The number of allylic oxidation sites excluding steroid dienone is 2. The molecule has 6 nitrogen and oxygen atoms in total. The Morgan fingerprint density at radius 1 is 0.447 bits per heavy atom. The smallest absolute Gasteiger partial charge is 0.330 e. The maximum atomic E-state index is 13.4. The van der Waals surface area contributed by atoms with Gasteiger partial charge in [0.2, 0.25) is 58.2 Å². The first-order valence-electron chi connectivity index (χ1n) is 9.85. The van der Waals surface area contributed by atoms with E-state index in [4.69, 9.17) is 0 Å². The highest BCUT2D eigenvalue weighted by Crippen LogP contribution is 2.30. The minimum atomic E-state index is -2.38. The van der Waals surface area contributed by atoms with Gasteiger partial charge >= 0.3 is 11.9 Å². The molecule has 0 aliphatic carbocycles. The molecule has 2 aromatic carbocycles. The number of hydrogen-bond acceptors (Lipinski definition) is 6. The van der Waals surface area contributed by atoms with E-state index in [0.29, 0.717) is 0 Å². The van der Waals surface area contributed by atoms with E-state index in [9.17, 15) is 53.5 Å². The molecule has 0 saturated carbocycles. The second-order valence-electron chi connectivity index (χ2n) is 6.55. The molecule has 0 saturated heterocycles. The van der Waals surface area contributed by atoms with Gasteiger partial charge in [-0.3, -0.25) is 0 Å². The summed E-state index contributed by atoms with van der Waals surface area (Å²) in [6.07, 6.45) is 3.41. The van der Waals surface area contributed by atoms with Crippen molar-refractivity contribution in [1.29, 1.82) is 0 Å². The predicted molar refractivity (Wildman–Crippen MR) is 104 cm³/mol. The number of rotatable bonds is 11. The van der Waals surface area contributed by atoms with Gasteiger partial charge in [0.1, 0.15) is 26.4 Å². The van der Waals surface area contributed by atoms with E-state index < -0.39 is 108 Å². The third-order valence-corrected chi connectivity index (χ3v) is 4.06. The Kier molecular flexibility index (Phi) is 10.5. The number of ether oxygens (including phenoxy) is 4. The minimum absolute atomic E-state index is 0.669. The highest BCUT2D eigenvalue weighted by molar-refractivity contribution is 5.84. The molecule has 0 aliphatic rings. The van der Waals surface area contributed by atoms with Crippen LogP contribution in [0.25, 0.3) is 0 Å². The summed E-state index contributed by atoms with van der Waals surface area (Å²) in [5.41, 5.74) is 0. The van der Waals surface area contributed by atoms with Crippen molar-refractivity contribution >= 4 is 11.9 Å². The summed E-state index contributed by atoms with van der Waals surface area (Å²) < 4.78 is 150. The zero-order valence-corrected chi connectivity index (χ0v) is 18.4. The van der Waals surface area contributed by atoms with Crippen molar-refractivity contribution in [2.24, 2.45) is 0 Å². The van der Waals surface area contributed by atoms with Crippen molar-refractivity contribution < 1.29 is 72.4 Å². The maximum absolute atomic E-state index is 13.4. The molecule has 0 bridgehead atoms. The Bertz CT molecular complexity index is 1120. The molecule has 0 spiro atoms. The van der Waals surface area contributed by atoms with Crippen LogP contribution in [0.5, 0.6) is 11.5 Å². The van der Waals surface area contributed by atoms with Gasteiger partial charge in [-0.05, 0) is 0 Å². The first-order chi connectivity index (χ1) is 17.9. The largest absolute Gasteiger partial charge is 0.484 e. The van der Waals surface area contributed by atoms with Gasteiger partial charge in [-0.15, -0.1) is 0 Å². The molecule has 0 radical (unpaired) electrons. The van der Waals surface area contributed by atoms with Crippen LogP contribution >= 0.6 is 0 Å². The van der Waals surface area contributed by atoms with Crippen LogP contribution < -0.4 is 9.47 Å². The molecule has 0 N–H and O–H groups in total. The molecule has 0 fully saturated rings. The average molecular weight is 562 g/mol. The lowest BCUT2D eigenvalue weighted by Crippen LogP contribution is -2.13. The fraction of sp³-hybridized carbons (Fsp3) is 0.182. The van der Waals surface area contributed by atoms with Crippen LogP contribution in [0.2, 0.25) is 0 Å². The zero-order valence-electron chi connectivity index (χ0n) is 18.4. The van der Waals surface area contributed by atoms with Crippen molar-refractivity contribution in [3.8, 4) is 11.5 Å². The van der Waals surface area contributed by atoms with E-state index in [1.807, 2.05) is 0 Å². The van der Waals surface area contributed by atoms with Crippen molar-refractivity contribution in [3.05, 3.63) is 82.5 Å². The number of esters is 2. The van der Waals surface area contributed by atoms with E-state index in [1.165, 1.54) is 0 Å². The van der Waals surface area contributed by atoms with Crippen LogP contribution in [0.15, 0.2) is 24.3 Å². The molecule has 0 amide bonds. The first-order valence-corrected chi connectivity index (χ1v) is 9.85. The lowest BCUT2D eigenvalue weighted by atomic mass is 10.2. The van der Waals surface area contributed by atoms with Crippen LogP contribution in [0.1, 0.15) is 0 Å². The van der Waals surface area contributed by atoms with Gasteiger partial charge in [0.15, 0.2) is 11.5 Å². The van der Waals surface area contributed by atoms with Gasteiger partial charge in [-0.2, -0.15) is 17.6 Å². The predicted octanol–water partition coefficient (Wildman–Crippen LogP) is 4.73. The van der Waals surface area contributed by atoms with Gasteiger partial charge in [-0.1, -0.05) is 12.2 Å². The molecule has 38 heavy (non-hydrogen) atoms. The van der Waals surface area contributed by atoms with Crippen molar-refractivity contribution in [3.63, 3.8) is 0 Å². The van der Waals surface area contributed by atoms with E-state index >= 15 is 0 Å². The van der Waals surface area contributed by atoms with Crippen LogP contribution in [0.3, 0.4) is 0 Å². The quantitative estimate of drug-likeness (QED) is 0.0751. The summed E-state index contributed by atoms with van der Waals surface area (Å²) in [7, 11) is 0. The maximum Gasteiger partial charge on any atom is 0.330 e. The Morgan fingerprint density at radius 2 is 0.711 bits per heavy atom. The van der Waals surface area contributed by atoms with Crippen molar-refractivity contribution in [2.75, 3.05) is 26.4 Å². The topological polar surface area (TPSA) is 71.1 Å². The summed E-state index contributed by atoms with van der Waals surface area (Å²) in [5, 5.41) is 0. The monoisotopic (exact) mass is 562 g/mol. The summed E-state index contributed by atoms with van der Waals surface area (Å²) in [5.74, 6) is -27.8. The van der Waals surface area contributed by atoms with Crippen LogP contribution in [0, 0.1) is 58.2 Å². The van der Waals surface area contributed by atoms with E-state index in [-0.39, 0.29) is 0 Å². The summed E-state index contributed by atoms with van der Waals surface area (Å²) in [6, 6.07) is 0. The molecule has 0 atom stereocenters. The number of carbonyl (C=O) groups excluding carboxylic acids is 2. The van der Waals surface area contributed by atoms with Crippen molar-refractivity contribution in [2.45, 2.75) is 0 Å². The first kappa shape index (κ1) is 30.0. The van der Waals surface area contributed by atoms with Gasteiger partial charge in [-0.25, -0.2) is 35.9 Å². The Labute approximate surface area is 205 Å². The van der Waals surface area contributed by atoms with Gasteiger partial charge < -0.3 is 18.9 Å². The van der Waals surface area contributed by atoms with E-state index in [0.717, 1.165) is 24.3 Å². The lowest BCUT2D eigenvalue weighted by molar-refractivity contribution is -0.139. The van der Waals surface area contributed by atoms with Gasteiger partial charge in [0.05, 0.1) is 0 Å². The fourth-order valence-electron chi connectivity index (χ4n) is 2.36. The molecule has 16 heteroatoms. The fourth-order valence-corrected chi connectivity index (χ4v) is 2.36. The molecule has 0 unspecified atom stereocenters. The number of halogens is 10. The third kappa shape index (κ3) is 7.17. The van der Waals surface area contributed by atoms with Gasteiger partial charge in [0, 0.05) is 12.2 Å². The molecular weight excluding hydrogens is 550 g/mol. The molecule has 0 heterocycles. The molecule has 0 aliphatic heterocycles. The second kappa shape index (κ2) is 13.3. The number of benzene rings is 2. The van der Waals surface area contributed by atoms with Crippen LogP contribution in [0.4, 0.5) is 43.9 Å². The lowest BCUT2D eigenvalue weighted by Gasteiger charge is -2.10. The molecular formula is C22H12F10O6. The molecule has 0 aromatic heterocycles. The van der Waals surface area contributed by atoms with Crippen LogP contribution in [-0.2, 0) is 19.1 Å². The molecule has 2 rings (SSSR count). The number of carbonyl (C=O) groups is 2. The summed E-state index contributed by atoms with van der Waals surface area (Å²) in [6.45, 7) is -2.91. The highest BCUT2D eigenvalue weighted by atomic mass is 19.2. The number of hydrogen-bond donors (Lipinski definition) is 0. The Hall–Kier alpha value is -4.24. The summed E-state index contributed by atoms with van der Waals surface area (Å²) >= 11 is 0. The van der Waals surface area contributed by atoms with Crippen LogP contribution in [-0.4, -0.2) is 38.4 Å². The Morgan fingerprint density at radius 3 is 1.00 bits per heavy atom. The van der Waals surface area contributed by atoms with E-state index in [1.54, 1.807) is 0 Å². The molecule has 206 valence electrons. The van der Waals surface area contributed by atoms with Gasteiger partial charge in [0.25, 0.3) is 0 Å². The Balaban J connectivity index is 1.72. The summed E-state index contributed by atoms with van der Waals surface area (Å²) in [4.78, 5) is 22.9. The zero-order chi connectivity index (χ0) is 28.6. The second-order valence-corrected chi connectivity index (χ2v) is 6.55. The van der Waals surface area contributed by atoms with E-state index in [2.05, 4.69) is 18.9 Å². The van der Waals surface area contributed by atoms with Crippen molar-refractivity contribution in [1.82, 2.24) is 0 Å². The third-order valence-electron chi connectivity index (χ3n) is 4.06.